The number of nitrogens with one attached hydrogen (secondary N) is 2. The molecule has 134 valence electrons. The molecule has 0 fully saturated rings. The van der Waals surface area contributed by atoms with Crippen LogP contribution >= 0.6 is 0 Å². The van der Waals surface area contributed by atoms with Crippen molar-refractivity contribution in [1.82, 2.24) is 20.4 Å². The first-order valence-electron chi connectivity index (χ1n) is 9.19. The number of fused-ring (bicyclic) bond motifs is 1. The second-order valence-electron chi connectivity index (χ2n) is 7.02. The zero-order valence-electron chi connectivity index (χ0n) is 15.4. The molecule has 25 heavy (non-hydrogen) atoms. The van der Waals surface area contributed by atoms with Gasteiger partial charge in [-0.05, 0) is 57.3 Å². The van der Waals surface area contributed by atoms with Crippen molar-refractivity contribution in [1.29, 1.82) is 0 Å². The van der Waals surface area contributed by atoms with Gasteiger partial charge in [-0.2, -0.15) is 5.10 Å². The quantitative estimate of drug-likeness (QED) is 0.850. The molecular formula is C20H28N4O. The van der Waals surface area contributed by atoms with Crippen LogP contribution in [0.3, 0.4) is 0 Å². The molecule has 1 heterocycles. The van der Waals surface area contributed by atoms with E-state index >= 15 is 0 Å². The summed E-state index contributed by atoms with van der Waals surface area (Å²) in [5.41, 5.74) is 5.36. The second kappa shape index (κ2) is 7.83. The van der Waals surface area contributed by atoms with Gasteiger partial charge in [-0.15, -0.1) is 0 Å². The molecule has 1 amide bonds. The van der Waals surface area contributed by atoms with Gasteiger partial charge in [-0.25, -0.2) is 0 Å². The number of amides is 1. The molecule has 1 unspecified atom stereocenters. The van der Waals surface area contributed by atoms with Gasteiger partial charge in [0, 0.05) is 17.8 Å². The summed E-state index contributed by atoms with van der Waals surface area (Å²) in [5, 5.41) is 10.4. The highest BCUT2D eigenvalue weighted by Gasteiger charge is 2.23. The maximum absolute atomic E-state index is 12.6. The van der Waals surface area contributed by atoms with E-state index in [0.717, 1.165) is 36.9 Å². The number of carbonyl (C=O) groups is 1. The predicted molar refractivity (Wildman–Crippen MR) is 99.8 cm³/mol. The van der Waals surface area contributed by atoms with Gasteiger partial charge in [-0.3, -0.25) is 9.89 Å². The Bertz CT molecular complexity index is 718. The van der Waals surface area contributed by atoms with E-state index in [2.05, 4.69) is 51.6 Å². The molecule has 5 heteroatoms. The average Bonchev–Trinajstić information content (AvgIpc) is 3.06. The Morgan fingerprint density at radius 1 is 1.24 bits per heavy atom. The van der Waals surface area contributed by atoms with Crippen LogP contribution in [0.5, 0.6) is 0 Å². The third-order valence-corrected chi connectivity index (χ3v) is 5.12. The SMILES string of the molecule is CCc1ccc(C(CNC(=O)c2n[nH]c3c2CCCC3)N(C)C)cc1. The van der Waals surface area contributed by atoms with Crippen molar-refractivity contribution in [2.45, 2.75) is 45.1 Å². The van der Waals surface area contributed by atoms with Gasteiger partial charge < -0.3 is 10.2 Å². The number of hydrogen-bond donors (Lipinski definition) is 2. The van der Waals surface area contributed by atoms with E-state index < -0.39 is 0 Å². The first-order chi connectivity index (χ1) is 12.1. The second-order valence-corrected chi connectivity index (χ2v) is 7.02. The number of nitrogens with zero attached hydrogens (tertiary/aromatic N) is 2. The van der Waals surface area contributed by atoms with Gasteiger partial charge in [0.1, 0.15) is 0 Å². The van der Waals surface area contributed by atoms with E-state index in [0.29, 0.717) is 12.2 Å². The summed E-state index contributed by atoms with van der Waals surface area (Å²) in [4.78, 5) is 14.8. The fourth-order valence-electron chi connectivity index (χ4n) is 3.52. The lowest BCUT2D eigenvalue weighted by Gasteiger charge is -2.25. The van der Waals surface area contributed by atoms with Gasteiger partial charge in [0.15, 0.2) is 5.69 Å². The van der Waals surface area contributed by atoms with Crippen LogP contribution in [0.25, 0.3) is 0 Å². The van der Waals surface area contributed by atoms with Gasteiger partial charge in [-0.1, -0.05) is 31.2 Å². The van der Waals surface area contributed by atoms with Crippen LogP contribution in [0.4, 0.5) is 0 Å². The van der Waals surface area contributed by atoms with Crippen LogP contribution in [0.2, 0.25) is 0 Å². The fraction of sp³-hybridized carbons (Fsp3) is 0.500. The molecule has 1 aromatic heterocycles. The van der Waals surface area contributed by atoms with Crippen LogP contribution in [0.1, 0.15) is 58.7 Å². The number of H-pyrrole nitrogens is 1. The van der Waals surface area contributed by atoms with Gasteiger partial charge in [0.25, 0.3) is 5.91 Å². The van der Waals surface area contributed by atoms with E-state index in [-0.39, 0.29) is 11.9 Å². The molecule has 2 aromatic rings. The molecule has 0 aliphatic heterocycles. The number of aromatic nitrogens is 2. The van der Waals surface area contributed by atoms with Crippen molar-refractivity contribution >= 4 is 5.91 Å². The molecule has 1 aliphatic carbocycles. The van der Waals surface area contributed by atoms with E-state index in [4.69, 9.17) is 0 Å². The number of benzene rings is 1. The highest BCUT2D eigenvalue weighted by atomic mass is 16.1. The third-order valence-electron chi connectivity index (χ3n) is 5.12. The maximum Gasteiger partial charge on any atom is 0.272 e. The van der Waals surface area contributed by atoms with Crippen molar-refractivity contribution in [3.8, 4) is 0 Å². The maximum atomic E-state index is 12.6. The molecule has 1 aromatic carbocycles. The lowest BCUT2D eigenvalue weighted by Crippen LogP contribution is -2.35. The number of rotatable bonds is 6. The fourth-order valence-corrected chi connectivity index (χ4v) is 3.52. The molecule has 1 aliphatic rings. The Balaban J connectivity index is 1.68. The molecule has 1 atom stereocenters. The summed E-state index contributed by atoms with van der Waals surface area (Å²) < 4.78 is 0. The van der Waals surface area contributed by atoms with E-state index in [1.807, 2.05) is 14.1 Å². The number of aromatic amines is 1. The van der Waals surface area contributed by atoms with Gasteiger partial charge in [0.2, 0.25) is 0 Å². The van der Waals surface area contributed by atoms with E-state index in [1.54, 1.807) is 0 Å². The minimum Gasteiger partial charge on any atom is -0.349 e. The van der Waals surface area contributed by atoms with Crippen molar-refractivity contribution in [2.24, 2.45) is 0 Å². The Kier molecular flexibility index (Phi) is 5.53. The Morgan fingerprint density at radius 3 is 2.64 bits per heavy atom. The summed E-state index contributed by atoms with van der Waals surface area (Å²) >= 11 is 0. The lowest BCUT2D eigenvalue weighted by molar-refractivity contribution is 0.0936. The van der Waals surface area contributed by atoms with Crippen LogP contribution < -0.4 is 5.32 Å². The molecule has 0 radical (unpaired) electrons. The normalized spacial score (nSPS) is 15.0. The van der Waals surface area contributed by atoms with Crippen LogP contribution in [-0.2, 0) is 19.3 Å². The summed E-state index contributed by atoms with van der Waals surface area (Å²) in [6, 6.07) is 8.79. The van der Waals surface area contributed by atoms with E-state index in [1.165, 1.54) is 17.5 Å². The monoisotopic (exact) mass is 340 g/mol. The zero-order chi connectivity index (χ0) is 17.8. The molecule has 5 nitrogen and oxygen atoms in total. The summed E-state index contributed by atoms with van der Waals surface area (Å²) in [6.07, 6.45) is 5.29. The first kappa shape index (κ1) is 17.7. The third kappa shape index (κ3) is 3.93. The van der Waals surface area contributed by atoms with Crippen LogP contribution in [0.15, 0.2) is 24.3 Å². The molecule has 0 bridgehead atoms. The average molecular weight is 340 g/mol. The molecule has 2 N–H and O–H groups in total. The van der Waals surface area contributed by atoms with Crippen molar-refractivity contribution in [3.05, 3.63) is 52.3 Å². The van der Waals surface area contributed by atoms with E-state index in [9.17, 15) is 4.79 Å². The molecule has 3 rings (SSSR count). The highest BCUT2D eigenvalue weighted by Crippen LogP contribution is 2.23. The minimum absolute atomic E-state index is 0.0728. The predicted octanol–water partition coefficient (Wildman–Crippen LogP) is 2.88. The number of likely N-dealkylation sites (N-methyl/N-ethyl adjacent to an activating group) is 1. The Hall–Kier alpha value is -2.14. The first-order valence-corrected chi connectivity index (χ1v) is 9.19. The largest absolute Gasteiger partial charge is 0.349 e. The minimum atomic E-state index is -0.0728. The van der Waals surface area contributed by atoms with Gasteiger partial charge in [0.05, 0.1) is 6.04 Å². The van der Waals surface area contributed by atoms with Crippen LogP contribution in [0, 0.1) is 0 Å². The summed E-state index contributed by atoms with van der Waals surface area (Å²) in [5.74, 6) is -0.0728. The van der Waals surface area contributed by atoms with Crippen molar-refractivity contribution in [3.63, 3.8) is 0 Å². The highest BCUT2D eigenvalue weighted by molar-refractivity contribution is 5.94. The van der Waals surface area contributed by atoms with Gasteiger partial charge >= 0.3 is 0 Å². The summed E-state index contributed by atoms with van der Waals surface area (Å²) in [7, 11) is 4.09. The number of carbonyl (C=O) groups excluding carboxylic acids is 1. The summed E-state index contributed by atoms with van der Waals surface area (Å²) in [6.45, 7) is 2.72. The molecule has 0 saturated carbocycles. The van der Waals surface area contributed by atoms with Crippen LogP contribution in [-0.4, -0.2) is 41.6 Å². The zero-order valence-corrected chi connectivity index (χ0v) is 15.4. The van der Waals surface area contributed by atoms with Crippen molar-refractivity contribution < 1.29 is 4.79 Å². The lowest BCUT2D eigenvalue weighted by atomic mass is 9.95. The molecular weight excluding hydrogens is 312 g/mol. The van der Waals surface area contributed by atoms with Crippen molar-refractivity contribution in [2.75, 3.05) is 20.6 Å². The topological polar surface area (TPSA) is 61.0 Å². The standard InChI is InChI=1S/C20H28N4O/c1-4-14-9-11-15(12-10-14)18(24(2)3)13-21-20(25)19-16-7-5-6-8-17(16)22-23-19/h9-12,18H,4-8,13H2,1-3H3,(H,21,25)(H,22,23). The number of hydrogen-bond acceptors (Lipinski definition) is 3. The Labute approximate surface area is 149 Å². The molecule has 0 spiro atoms. The molecule has 0 saturated heterocycles. The number of aryl methyl sites for hydroxylation is 2. The smallest absolute Gasteiger partial charge is 0.272 e. The Morgan fingerprint density at radius 2 is 1.96 bits per heavy atom.